The SMILES string of the molecule is CCOC(=O)c1ccc(NC(=O)CC2C(=O)Nc3c(-c4ccccc4)c(CC)nn32)cc1. The molecule has 8 nitrogen and oxygen atoms in total. The zero-order valence-corrected chi connectivity index (χ0v) is 17.9. The van der Waals surface area contributed by atoms with Crippen molar-refractivity contribution < 1.29 is 19.1 Å². The maximum Gasteiger partial charge on any atom is 0.338 e. The second-order valence-corrected chi connectivity index (χ2v) is 7.39. The van der Waals surface area contributed by atoms with Gasteiger partial charge < -0.3 is 15.4 Å². The van der Waals surface area contributed by atoms with Crippen molar-refractivity contribution in [3.63, 3.8) is 0 Å². The van der Waals surface area contributed by atoms with E-state index in [1.165, 1.54) is 0 Å². The largest absolute Gasteiger partial charge is 0.462 e. The van der Waals surface area contributed by atoms with Crippen LogP contribution in [0.4, 0.5) is 11.5 Å². The van der Waals surface area contributed by atoms with Gasteiger partial charge in [-0.3, -0.25) is 9.59 Å². The number of rotatable bonds is 7. The number of aryl methyl sites for hydroxylation is 1. The third-order valence-corrected chi connectivity index (χ3v) is 5.28. The lowest BCUT2D eigenvalue weighted by atomic mass is 10.0. The number of hydrogen-bond acceptors (Lipinski definition) is 5. The molecule has 32 heavy (non-hydrogen) atoms. The number of carbonyl (C=O) groups excluding carboxylic acids is 3. The molecule has 2 amide bonds. The number of nitrogens with one attached hydrogen (secondary N) is 2. The van der Waals surface area contributed by atoms with Crippen LogP contribution in [0.3, 0.4) is 0 Å². The summed E-state index contributed by atoms with van der Waals surface area (Å²) in [5.41, 5.74) is 3.66. The topological polar surface area (TPSA) is 102 Å². The normalized spacial score (nSPS) is 14.6. The van der Waals surface area contributed by atoms with Crippen LogP contribution >= 0.6 is 0 Å². The summed E-state index contributed by atoms with van der Waals surface area (Å²) in [6, 6.07) is 15.5. The summed E-state index contributed by atoms with van der Waals surface area (Å²) < 4.78 is 6.57. The Bertz CT molecular complexity index is 1150. The number of amides is 2. The van der Waals surface area contributed by atoms with Crippen LogP contribution in [0.25, 0.3) is 11.1 Å². The molecule has 164 valence electrons. The highest BCUT2D eigenvalue weighted by molar-refractivity contribution is 6.04. The molecule has 2 N–H and O–H groups in total. The van der Waals surface area contributed by atoms with E-state index in [9.17, 15) is 14.4 Å². The molecular formula is C24H24N4O4. The molecule has 3 aromatic rings. The van der Waals surface area contributed by atoms with Crippen LogP contribution in [0, 0.1) is 0 Å². The van der Waals surface area contributed by atoms with E-state index in [1.54, 1.807) is 35.9 Å². The summed E-state index contributed by atoms with van der Waals surface area (Å²) in [6.07, 6.45) is 0.642. The molecule has 0 saturated heterocycles. The van der Waals surface area contributed by atoms with Crippen LogP contribution in [0.1, 0.15) is 42.4 Å². The monoisotopic (exact) mass is 432 g/mol. The molecule has 2 aromatic carbocycles. The van der Waals surface area contributed by atoms with Crippen molar-refractivity contribution in [3.05, 3.63) is 65.9 Å². The third kappa shape index (κ3) is 4.12. The van der Waals surface area contributed by atoms with E-state index in [4.69, 9.17) is 4.74 Å². The average molecular weight is 432 g/mol. The van der Waals surface area contributed by atoms with Crippen LogP contribution in [-0.4, -0.2) is 34.2 Å². The highest BCUT2D eigenvalue weighted by Crippen LogP contribution is 2.38. The first-order chi connectivity index (χ1) is 15.5. The lowest BCUT2D eigenvalue weighted by Gasteiger charge is -2.10. The predicted molar refractivity (Wildman–Crippen MR) is 120 cm³/mol. The number of nitrogens with zero attached hydrogens (tertiary/aromatic N) is 2. The van der Waals surface area contributed by atoms with Gasteiger partial charge in [-0.05, 0) is 43.2 Å². The molecule has 1 unspecified atom stereocenters. The van der Waals surface area contributed by atoms with Crippen molar-refractivity contribution in [2.45, 2.75) is 32.7 Å². The minimum atomic E-state index is -0.730. The van der Waals surface area contributed by atoms with Gasteiger partial charge in [-0.15, -0.1) is 0 Å². The number of esters is 1. The van der Waals surface area contributed by atoms with E-state index in [0.717, 1.165) is 16.8 Å². The van der Waals surface area contributed by atoms with Gasteiger partial charge in [-0.2, -0.15) is 5.10 Å². The van der Waals surface area contributed by atoms with Gasteiger partial charge in [0.1, 0.15) is 11.9 Å². The van der Waals surface area contributed by atoms with Crippen molar-refractivity contribution in [1.29, 1.82) is 0 Å². The Morgan fingerprint density at radius 3 is 2.47 bits per heavy atom. The highest BCUT2D eigenvalue weighted by Gasteiger charge is 2.36. The summed E-state index contributed by atoms with van der Waals surface area (Å²) in [4.78, 5) is 37.0. The molecule has 8 heteroatoms. The number of hydrogen-bond donors (Lipinski definition) is 2. The van der Waals surface area contributed by atoms with E-state index >= 15 is 0 Å². The molecule has 0 fully saturated rings. The minimum absolute atomic E-state index is 0.0580. The van der Waals surface area contributed by atoms with Crippen molar-refractivity contribution in [1.82, 2.24) is 9.78 Å². The Morgan fingerprint density at radius 2 is 1.81 bits per heavy atom. The Balaban J connectivity index is 1.50. The Hall–Kier alpha value is -3.94. The quantitative estimate of drug-likeness (QED) is 0.553. The van der Waals surface area contributed by atoms with Crippen molar-refractivity contribution in [3.8, 4) is 11.1 Å². The molecular weight excluding hydrogens is 408 g/mol. The van der Waals surface area contributed by atoms with Gasteiger partial charge in [0.25, 0.3) is 5.91 Å². The van der Waals surface area contributed by atoms with Gasteiger partial charge in [-0.1, -0.05) is 37.3 Å². The second kappa shape index (κ2) is 9.05. The van der Waals surface area contributed by atoms with Gasteiger partial charge >= 0.3 is 5.97 Å². The number of aromatic nitrogens is 2. The van der Waals surface area contributed by atoms with Gasteiger partial charge in [0.2, 0.25) is 5.91 Å². The van der Waals surface area contributed by atoms with Gasteiger partial charge in [0.15, 0.2) is 0 Å². The lowest BCUT2D eigenvalue weighted by Crippen LogP contribution is -2.24. The number of benzene rings is 2. The maximum absolute atomic E-state index is 12.7. The van der Waals surface area contributed by atoms with E-state index in [1.807, 2.05) is 37.3 Å². The maximum atomic E-state index is 12.7. The number of fused-ring (bicyclic) bond motifs is 1. The molecule has 4 rings (SSSR count). The Kier molecular flexibility index (Phi) is 6.02. The van der Waals surface area contributed by atoms with Crippen LogP contribution < -0.4 is 10.6 Å². The Morgan fingerprint density at radius 1 is 1.09 bits per heavy atom. The molecule has 0 aliphatic carbocycles. The summed E-state index contributed by atoms with van der Waals surface area (Å²) in [5.74, 6) is -0.383. The molecule has 1 atom stereocenters. The second-order valence-electron chi connectivity index (χ2n) is 7.39. The molecule has 1 aliphatic rings. The Labute approximate surface area is 185 Å². The van der Waals surface area contributed by atoms with Gasteiger partial charge in [0, 0.05) is 11.3 Å². The predicted octanol–water partition coefficient (Wildman–Crippen LogP) is 3.81. The summed E-state index contributed by atoms with van der Waals surface area (Å²) in [7, 11) is 0. The summed E-state index contributed by atoms with van der Waals surface area (Å²) in [5, 5.41) is 10.3. The van der Waals surface area contributed by atoms with Crippen molar-refractivity contribution in [2.75, 3.05) is 17.2 Å². The van der Waals surface area contributed by atoms with Crippen LogP contribution in [-0.2, 0) is 20.7 Å². The first kappa shape index (κ1) is 21.3. The van der Waals surface area contributed by atoms with Crippen molar-refractivity contribution >= 4 is 29.3 Å². The minimum Gasteiger partial charge on any atom is -0.462 e. The average Bonchev–Trinajstić information content (AvgIpc) is 3.30. The molecule has 2 heterocycles. The number of anilines is 2. The van der Waals surface area contributed by atoms with Crippen molar-refractivity contribution in [2.24, 2.45) is 0 Å². The molecule has 1 aromatic heterocycles. The number of carbonyl (C=O) groups is 3. The zero-order chi connectivity index (χ0) is 22.7. The molecule has 0 bridgehead atoms. The summed E-state index contributed by atoms with van der Waals surface area (Å²) in [6.45, 7) is 4.04. The molecule has 0 radical (unpaired) electrons. The summed E-state index contributed by atoms with van der Waals surface area (Å²) >= 11 is 0. The first-order valence-corrected chi connectivity index (χ1v) is 10.6. The number of ether oxygens (including phenoxy) is 1. The fraction of sp³-hybridized carbons (Fsp3) is 0.250. The van der Waals surface area contributed by atoms with E-state index in [0.29, 0.717) is 30.1 Å². The third-order valence-electron chi connectivity index (χ3n) is 5.28. The molecule has 0 saturated carbocycles. The van der Waals surface area contributed by atoms with E-state index in [2.05, 4.69) is 15.7 Å². The highest BCUT2D eigenvalue weighted by atomic mass is 16.5. The lowest BCUT2D eigenvalue weighted by molar-refractivity contribution is -0.123. The fourth-order valence-electron chi connectivity index (χ4n) is 3.76. The molecule has 1 aliphatic heterocycles. The molecule has 0 spiro atoms. The van der Waals surface area contributed by atoms with E-state index in [-0.39, 0.29) is 18.2 Å². The van der Waals surface area contributed by atoms with Crippen LogP contribution in [0.2, 0.25) is 0 Å². The van der Waals surface area contributed by atoms with E-state index < -0.39 is 12.0 Å². The van der Waals surface area contributed by atoms with Crippen LogP contribution in [0.15, 0.2) is 54.6 Å². The van der Waals surface area contributed by atoms with Gasteiger partial charge in [-0.25, -0.2) is 9.48 Å². The zero-order valence-electron chi connectivity index (χ0n) is 17.9. The fourth-order valence-corrected chi connectivity index (χ4v) is 3.76. The van der Waals surface area contributed by atoms with Gasteiger partial charge in [0.05, 0.1) is 24.3 Å². The standard InChI is InChI=1S/C24H24N4O4/c1-3-18-21(15-8-6-5-7-9-15)22-26-23(30)19(28(22)27-18)14-20(29)25-17-12-10-16(11-13-17)24(31)32-4-2/h5-13,19H,3-4,14H2,1-2H3,(H,25,29)(H,26,30). The van der Waals surface area contributed by atoms with Crippen LogP contribution in [0.5, 0.6) is 0 Å². The smallest absolute Gasteiger partial charge is 0.338 e. The first-order valence-electron chi connectivity index (χ1n) is 10.6.